The highest BCUT2D eigenvalue weighted by atomic mass is 19.1. The van der Waals surface area contributed by atoms with E-state index in [0.717, 1.165) is 54.9 Å². The molecule has 5 nitrogen and oxygen atoms in total. The lowest BCUT2D eigenvalue weighted by atomic mass is 9.79. The first-order chi connectivity index (χ1) is 13.9. The summed E-state index contributed by atoms with van der Waals surface area (Å²) >= 11 is 0. The molecule has 146 valence electrons. The van der Waals surface area contributed by atoms with Gasteiger partial charge in [0.15, 0.2) is 0 Å². The molecule has 1 fully saturated rings. The molecule has 4 rings (SSSR count). The predicted molar refractivity (Wildman–Crippen MR) is 107 cm³/mol. The number of nitrogens with zero attached hydrogens (tertiary/aromatic N) is 3. The van der Waals surface area contributed by atoms with Crippen LogP contribution in [0.5, 0.6) is 0 Å². The summed E-state index contributed by atoms with van der Waals surface area (Å²) in [6, 6.07) is 11.8. The Kier molecular flexibility index (Phi) is 6.07. The average molecular weight is 380 g/mol. The van der Waals surface area contributed by atoms with Crippen LogP contribution >= 0.6 is 0 Å². The van der Waals surface area contributed by atoms with Crippen LogP contribution in [0.25, 0.3) is 5.70 Å². The average Bonchev–Trinajstić information content (AvgIpc) is 2.74. The van der Waals surface area contributed by atoms with E-state index >= 15 is 0 Å². The van der Waals surface area contributed by atoms with Crippen LogP contribution in [0.1, 0.15) is 43.5 Å². The van der Waals surface area contributed by atoms with Crippen molar-refractivity contribution in [1.82, 2.24) is 15.4 Å². The van der Waals surface area contributed by atoms with Gasteiger partial charge in [-0.05, 0) is 61.9 Å². The smallest absolute Gasteiger partial charge is 0.113 e. The van der Waals surface area contributed by atoms with Crippen LogP contribution in [0.4, 0.5) is 4.39 Å². The monoisotopic (exact) mass is 380 g/mol. The second kappa shape index (κ2) is 9.06. The summed E-state index contributed by atoms with van der Waals surface area (Å²) in [6.45, 7) is -0.252. The third-order valence-corrected chi connectivity index (χ3v) is 5.39. The second-order valence-corrected chi connectivity index (χ2v) is 7.14. The molecule has 6 heteroatoms. The number of halogens is 1. The van der Waals surface area contributed by atoms with E-state index in [4.69, 9.17) is 9.84 Å². The Hall–Kier alpha value is -2.60. The Labute approximate surface area is 164 Å². The van der Waals surface area contributed by atoms with Crippen LogP contribution in [0, 0.1) is 5.92 Å². The standard InChI is InChI=1S/C22H25FN4O/c23-12-15-28-16-6-5-7-17-18(11-10-16)22(20-9-2-4-14-25-20)27-26-21(17)19-8-1-3-13-24-19/h1-4,8-9,13-14,16-17,27H,5-7,10-12,15H2. The van der Waals surface area contributed by atoms with Gasteiger partial charge in [-0.1, -0.05) is 12.1 Å². The lowest BCUT2D eigenvalue weighted by Crippen LogP contribution is -2.32. The van der Waals surface area contributed by atoms with E-state index in [9.17, 15) is 4.39 Å². The molecule has 2 aromatic heterocycles. The third-order valence-electron chi connectivity index (χ3n) is 5.39. The van der Waals surface area contributed by atoms with Crippen molar-refractivity contribution in [2.45, 2.75) is 38.2 Å². The molecule has 0 bridgehead atoms. The quantitative estimate of drug-likeness (QED) is 0.847. The van der Waals surface area contributed by atoms with Crippen LogP contribution in [0.2, 0.25) is 0 Å². The Bertz CT molecular complexity index is 838. The van der Waals surface area contributed by atoms with Gasteiger partial charge in [-0.2, -0.15) is 5.10 Å². The van der Waals surface area contributed by atoms with Gasteiger partial charge in [-0.25, -0.2) is 4.39 Å². The van der Waals surface area contributed by atoms with Crippen molar-refractivity contribution in [2.75, 3.05) is 13.3 Å². The molecule has 1 N–H and O–H groups in total. The first kappa shape index (κ1) is 18.7. The number of nitrogens with one attached hydrogen (secondary N) is 1. The molecular weight excluding hydrogens is 355 g/mol. The van der Waals surface area contributed by atoms with Crippen LogP contribution < -0.4 is 5.43 Å². The number of fused-ring (bicyclic) bond motifs is 1. The van der Waals surface area contributed by atoms with Crippen molar-refractivity contribution >= 4 is 11.4 Å². The molecule has 0 spiro atoms. The fourth-order valence-electron chi connectivity index (χ4n) is 4.09. The molecule has 1 aliphatic carbocycles. The van der Waals surface area contributed by atoms with E-state index in [2.05, 4.69) is 15.4 Å². The van der Waals surface area contributed by atoms with E-state index < -0.39 is 6.67 Å². The largest absolute Gasteiger partial charge is 0.375 e. The highest BCUT2D eigenvalue weighted by Gasteiger charge is 2.32. The zero-order valence-electron chi connectivity index (χ0n) is 15.9. The summed E-state index contributed by atoms with van der Waals surface area (Å²) in [4.78, 5) is 9.05. The summed E-state index contributed by atoms with van der Waals surface area (Å²) in [5.41, 5.74) is 8.32. The highest BCUT2D eigenvalue weighted by molar-refractivity contribution is 6.04. The number of hydrogen-bond donors (Lipinski definition) is 1. The molecule has 1 saturated carbocycles. The molecule has 1 aliphatic heterocycles. The van der Waals surface area contributed by atoms with Gasteiger partial charge in [0.05, 0.1) is 35.5 Å². The minimum atomic E-state index is -0.432. The number of alkyl halides is 1. The summed E-state index contributed by atoms with van der Waals surface area (Å²) in [7, 11) is 0. The van der Waals surface area contributed by atoms with E-state index in [1.165, 1.54) is 5.57 Å². The summed E-state index contributed by atoms with van der Waals surface area (Å²) in [5, 5.41) is 4.71. The van der Waals surface area contributed by atoms with Gasteiger partial charge < -0.3 is 4.74 Å². The van der Waals surface area contributed by atoms with E-state index in [0.29, 0.717) is 0 Å². The maximum absolute atomic E-state index is 12.5. The molecule has 0 saturated heterocycles. The molecule has 28 heavy (non-hydrogen) atoms. The normalized spacial score (nSPS) is 22.5. The summed E-state index contributed by atoms with van der Waals surface area (Å²) in [6.07, 6.45) is 8.38. The van der Waals surface area contributed by atoms with E-state index in [1.54, 1.807) is 12.4 Å². The van der Waals surface area contributed by atoms with Crippen LogP contribution in [0.3, 0.4) is 0 Å². The van der Waals surface area contributed by atoms with Crippen molar-refractivity contribution in [3.8, 4) is 0 Å². The predicted octanol–water partition coefficient (Wildman–Crippen LogP) is 4.13. The van der Waals surface area contributed by atoms with Gasteiger partial charge >= 0.3 is 0 Å². The molecular formula is C22H25FN4O. The van der Waals surface area contributed by atoms with Crippen LogP contribution in [-0.4, -0.2) is 35.1 Å². The number of rotatable bonds is 5. The van der Waals surface area contributed by atoms with Crippen molar-refractivity contribution in [2.24, 2.45) is 11.0 Å². The van der Waals surface area contributed by atoms with Crippen molar-refractivity contribution in [1.29, 1.82) is 0 Å². The maximum atomic E-state index is 12.5. The number of ether oxygens (including phenoxy) is 1. The Morgan fingerprint density at radius 1 is 1.00 bits per heavy atom. The van der Waals surface area contributed by atoms with E-state index in [1.807, 2.05) is 36.4 Å². The number of allylic oxidation sites excluding steroid dienone is 1. The molecule has 2 unspecified atom stereocenters. The summed E-state index contributed by atoms with van der Waals surface area (Å²) in [5.74, 6) is 0.204. The fourth-order valence-corrected chi connectivity index (χ4v) is 4.09. The minimum Gasteiger partial charge on any atom is -0.375 e. The number of hydrogen-bond acceptors (Lipinski definition) is 5. The molecule has 0 amide bonds. The number of pyridine rings is 2. The molecule has 2 atom stereocenters. The topological polar surface area (TPSA) is 59.4 Å². The van der Waals surface area contributed by atoms with Crippen molar-refractivity contribution in [3.63, 3.8) is 0 Å². The SMILES string of the molecule is FCCOC1CCCC2C(c3ccccn3)=NNC(c3ccccn3)=C2CC1. The van der Waals surface area contributed by atoms with Crippen molar-refractivity contribution in [3.05, 3.63) is 65.8 Å². The first-order valence-electron chi connectivity index (χ1n) is 9.94. The van der Waals surface area contributed by atoms with Gasteiger partial charge in [0.1, 0.15) is 6.67 Å². The highest BCUT2D eigenvalue weighted by Crippen LogP contribution is 2.37. The minimum absolute atomic E-state index is 0.103. The summed E-state index contributed by atoms with van der Waals surface area (Å²) < 4.78 is 18.3. The zero-order chi connectivity index (χ0) is 19.2. The Balaban J connectivity index is 1.67. The van der Waals surface area contributed by atoms with Gasteiger partial charge in [-0.3, -0.25) is 15.4 Å². The number of aromatic nitrogens is 2. The zero-order valence-corrected chi connectivity index (χ0v) is 15.9. The fraction of sp³-hybridized carbons (Fsp3) is 0.409. The van der Waals surface area contributed by atoms with Gasteiger partial charge in [0.25, 0.3) is 0 Å². The lowest BCUT2D eigenvalue weighted by Gasteiger charge is -2.32. The lowest BCUT2D eigenvalue weighted by molar-refractivity contribution is 0.0299. The van der Waals surface area contributed by atoms with Gasteiger partial charge in [0.2, 0.25) is 0 Å². The van der Waals surface area contributed by atoms with Crippen LogP contribution in [0.15, 0.2) is 59.5 Å². The Morgan fingerprint density at radius 2 is 1.79 bits per heavy atom. The Morgan fingerprint density at radius 3 is 2.50 bits per heavy atom. The van der Waals surface area contributed by atoms with E-state index in [-0.39, 0.29) is 18.6 Å². The third kappa shape index (κ3) is 4.12. The molecule has 0 aromatic carbocycles. The second-order valence-electron chi connectivity index (χ2n) is 7.14. The van der Waals surface area contributed by atoms with Gasteiger partial charge in [0, 0.05) is 18.3 Å². The van der Waals surface area contributed by atoms with Gasteiger partial charge in [-0.15, -0.1) is 0 Å². The molecule has 3 heterocycles. The first-order valence-corrected chi connectivity index (χ1v) is 9.94. The molecule has 2 aromatic rings. The molecule has 0 radical (unpaired) electrons. The molecule has 2 aliphatic rings. The number of hydrazone groups is 1. The maximum Gasteiger partial charge on any atom is 0.113 e. The van der Waals surface area contributed by atoms with Crippen LogP contribution in [-0.2, 0) is 4.74 Å². The van der Waals surface area contributed by atoms with Crippen molar-refractivity contribution < 1.29 is 9.13 Å².